The summed E-state index contributed by atoms with van der Waals surface area (Å²) in [6.45, 7) is 2.74. The lowest BCUT2D eigenvalue weighted by molar-refractivity contribution is -0.133. The number of amides is 1. The van der Waals surface area contributed by atoms with Crippen LogP contribution >= 0.6 is 0 Å². The van der Waals surface area contributed by atoms with Crippen LogP contribution in [-0.4, -0.2) is 38.2 Å². The Bertz CT molecular complexity index is 1060. The van der Waals surface area contributed by atoms with Gasteiger partial charge in [0.05, 0.1) is 14.2 Å². The van der Waals surface area contributed by atoms with E-state index in [0.717, 1.165) is 10.9 Å². The molecule has 0 radical (unpaired) electrons. The molecule has 3 aromatic rings. The zero-order valence-corrected chi connectivity index (χ0v) is 16.6. The first-order valence-electron chi connectivity index (χ1n) is 9.19. The maximum atomic E-state index is 12.6. The molecule has 2 aromatic carbocycles. The van der Waals surface area contributed by atoms with E-state index in [2.05, 4.69) is 0 Å². The Labute approximate surface area is 168 Å². The zero-order chi connectivity index (χ0) is 20.8. The molecule has 7 nitrogen and oxygen atoms in total. The number of carbonyl (C=O) groups excluding carboxylic acids is 1. The van der Waals surface area contributed by atoms with Gasteiger partial charge in [-0.2, -0.15) is 0 Å². The Morgan fingerprint density at radius 2 is 1.76 bits per heavy atom. The molecule has 0 unspecified atom stereocenters. The van der Waals surface area contributed by atoms with Crippen LogP contribution in [0.5, 0.6) is 17.2 Å². The molecule has 7 heteroatoms. The Morgan fingerprint density at radius 3 is 2.48 bits per heavy atom. The number of carbonyl (C=O) groups is 1. The van der Waals surface area contributed by atoms with Crippen LogP contribution in [0, 0.1) is 0 Å². The van der Waals surface area contributed by atoms with Crippen molar-refractivity contribution < 1.29 is 23.4 Å². The van der Waals surface area contributed by atoms with Gasteiger partial charge in [0.1, 0.15) is 11.3 Å². The molecule has 0 aliphatic heterocycles. The fourth-order valence-electron chi connectivity index (χ4n) is 2.94. The van der Waals surface area contributed by atoms with Crippen LogP contribution in [0.1, 0.15) is 12.5 Å². The van der Waals surface area contributed by atoms with Crippen LogP contribution in [0.2, 0.25) is 0 Å². The van der Waals surface area contributed by atoms with Gasteiger partial charge >= 0.3 is 5.63 Å². The van der Waals surface area contributed by atoms with E-state index < -0.39 is 5.63 Å². The van der Waals surface area contributed by atoms with Crippen LogP contribution in [0.25, 0.3) is 11.0 Å². The number of ether oxygens (including phenoxy) is 3. The molecule has 0 fully saturated rings. The lowest BCUT2D eigenvalue weighted by Gasteiger charge is -2.21. The van der Waals surface area contributed by atoms with Gasteiger partial charge in [-0.05, 0) is 42.8 Å². The number of methoxy groups -OCH3 is 2. The maximum absolute atomic E-state index is 12.6. The molecule has 152 valence electrons. The highest BCUT2D eigenvalue weighted by atomic mass is 16.5. The van der Waals surface area contributed by atoms with Gasteiger partial charge in [0.2, 0.25) is 0 Å². The number of hydrogen-bond donors (Lipinski definition) is 0. The van der Waals surface area contributed by atoms with E-state index in [-0.39, 0.29) is 12.5 Å². The van der Waals surface area contributed by atoms with Crippen LogP contribution in [0.4, 0.5) is 0 Å². The lowest BCUT2D eigenvalue weighted by atomic mass is 10.2. The normalized spacial score (nSPS) is 10.6. The Morgan fingerprint density at radius 1 is 1.00 bits per heavy atom. The molecule has 0 spiro atoms. The minimum atomic E-state index is -0.433. The quantitative estimate of drug-likeness (QED) is 0.543. The van der Waals surface area contributed by atoms with E-state index >= 15 is 0 Å². The van der Waals surface area contributed by atoms with Gasteiger partial charge in [-0.15, -0.1) is 0 Å². The second-order valence-electron chi connectivity index (χ2n) is 6.34. The van der Waals surface area contributed by atoms with Crippen molar-refractivity contribution in [1.29, 1.82) is 0 Å². The second-order valence-corrected chi connectivity index (χ2v) is 6.34. The summed E-state index contributed by atoms with van der Waals surface area (Å²) in [6, 6.07) is 13.7. The van der Waals surface area contributed by atoms with Crippen molar-refractivity contribution in [1.82, 2.24) is 4.90 Å². The molecule has 0 saturated heterocycles. The molecule has 0 N–H and O–H groups in total. The first-order valence-corrected chi connectivity index (χ1v) is 9.19. The van der Waals surface area contributed by atoms with Crippen molar-refractivity contribution >= 4 is 16.9 Å². The highest BCUT2D eigenvalue weighted by Gasteiger charge is 2.15. The summed E-state index contributed by atoms with van der Waals surface area (Å²) in [7, 11) is 3.15. The van der Waals surface area contributed by atoms with Crippen molar-refractivity contribution in [2.75, 3.05) is 27.4 Å². The predicted molar refractivity (Wildman–Crippen MR) is 109 cm³/mol. The summed E-state index contributed by atoms with van der Waals surface area (Å²) in [4.78, 5) is 25.7. The number of rotatable bonds is 8. The molecule has 0 atom stereocenters. The SMILES string of the molecule is CCN(Cc1ccc(OC)c(OC)c1)C(=O)COc1ccc2ccc(=O)oc2c1. The summed E-state index contributed by atoms with van der Waals surface area (Å²) in [6.07, 6.45) is 0. The van der Waals surface area contributed by atoms with E-state index in [4.69, 9.17) is 18.6 Å². The van der Waals surface area contributed by atoms with E-state index in [1.165, 1.54) is 6.07 Å². The fourth-order valence-corrected chi connectivity index (χ4v) is 2.94. The van der Waals surface area contributed by atoms with Gasteiger partial charge in [-0.3, -0.25) is 4.79 Å². The van der Waals surface area contributed by atoms with Gasteiger partial charge in [0.25, 0.3) is 5.91 Å². The van der Waals surface area contributed by atoms with E-state index in [0.29, 0.717) is 35.9 Å². The van der Waals surface area contributed by atoms with Gasteiger partial charge in [-0.25, -0.2) is 4.79 Å². The van der Waals surface area contributed by atoms with Gasteiger partial charge in [0.15, 0.2) is 18.1 Å². The highest BCUT2D eigenvalue weighted by molar-refractivity contribution is 5.79. The monoisotopic (exact) mass is 397 g/mol. The number of likely N-dealkylation sites (N-methyl/N-ethyl adjacent to an activating group) is 1. The standard InChI is InChI=1S/C22H23NO6/c1-4-23(13-15-5-9-18(26-2)20(11-15)27-3)21(24)14-28-17-8-6-16-7-10-22(25)29-19(16)12-17/h5-12H,4,13-14H2,1-3H3. The Hall–Kier alpha value is -3.48. The van der Waals surface area contributed by atoms with Crippen molar-refractivity contribution in [2.24, 2.45) is 0 Å². The van der Waals surface area contributed by atoms with Crippen molar-refractivity contribution in [2.45, 2.75) is 13.5 Å². The predicted octanol–water partition coefficient (Wildman–Crippen LogP) is 3.24. The third-order valence-electron chi connectivity index (χ3n) is 4.51. The number of nitrogens with zero attached hydrogens (tertiary/aromatic N) is 1. The highest BCUT2D eigenvalue weighted by Crippen LogP contribution is 2.28. The summed E-state index contributed by atoms with van der Waals surface area (Å²) in [5.74, 6) is 1.55. The number of benzene rings is 2. The van der Waals surface area contributed by atoms with Gasteiger partial charge in [-0.1, -0.05) is 6.07 Å². The first-order chi connectivity index (χ1) is 14.0. The summed E-state index contributed by atoms with van der Waals surface area (Å²) in [5.41, 5.74) is 0.906. The molecule has 29 heavy (non-hydrogen) atoms. The molecule has 3 rings (SSSR count). The molecular weight excluding hydrogens is 374 g/mol. The topological polar surface area (TPSA) is 78.2 Å². The lowest BCUT2D eigenvalue weighted by Crippen LogP contribution is -2.34. The molecule has 1 aromatic heterocycles. The van der Waals surface area contributed by atoms with E-state index in [1.807, 2.05) is 25.1 Å². The van der Waals surface area contributed by atoms with Crippen molar-refractivity contribution in [3.05, 3.63) is 64.5 Å². The number of fused-ring (bicyclic) bond motifs is 1. The van der Waals surface area contributed by atoms with Gasteiger partial charge in [0, 0.05) is 30.6 Å². The summed E-state index contributed by atoms with van der Waals surface area (Å²) in [5, 5.41) is 0.784. The molecule has 0 aliphatic carbocycles. The number of hydrogen-bond acceptors (Lipinski definition) is 6. The van der Waals surface area contributed by atoms with Crippen LogP contribution in [0.15, 0.2) is 57.7 Å². The van der Waals surface area contributed by atoms with E-state index in [1.54, 1.807) is 43.4 Å². The summed E-state index contributed by atoms with van der Waals surface area (Å²) >= 11 is 0. The van der Waals surface area contributed by atoms with E-state index in [9.17, 15) is 9.59 Å². The zero-order valence-electron chi connectivity index (χ0n) is 16.6. The molecule has 0 bridgehead atoms. The average molecular weight is 397 g/mol. The maximum Gasteiger partial charge on any atom is 0.336 e. The molecular formula is C22H23NO6. The van der Waals surface area contributed by atoms with Crippen LogP contribution < -0.4 is 19.8 Å². The molecule has 1 amide bonds. The third-order valence-corrected chi connectivity index (χ3v) is 4.51. The fraction of sp³-hybridized carbons (Fsp3) is 0.273. The smallest absolute Gasteiger partial charge is 0.336 e. The van der Waals surface area contributed by atoms with Crippen molar-refractivity contribution in [3.63, 3.8) is 0 Å². The Balaban J connectivity index is 1.66. The second kappa shape index (κ2) is 9.14. The molecule has 1 heterocycles. The minimum Gasteiger partial charge on any atom is -0.493 e. The van der Waals surface area contributed by atoms with Crippen molar-refractivity contribution in [3.8, 4) is 17.2 Å². The Kier molecular flexibility index (Phi) is 6.39. The minimum absolute atomic E-state index is 0.121. The average Bonchev–Trinajstić information content (AvgIpc) is 2.75. The summed E-state index contributed by atoms with van der Waals surface area (Å²) < 4.78 is 21.3. The molecule has 0 saturated carbocycles. The van der Waals surface area contributed by atoms with Crippen LogP contribution in [-0.2, 0) is 11.3 Å². The largest absolute Gasteiger partial charge is 0.493 e. The molecule has 0 aliphatic rings. The van der Waals surface area contributed by atoms with Gasteiger partial charge < -0.3 is 23.5 Å². The third kappa shape index (κ3) is 4.87. The van der Waals surface area contributed by atoms with Crippen LogP contribution in [0.3, 0.4) is 0 Å². The first kappa shape index (κ1) is 20.3.